The van der Waals surface area contributed by atoms with Crippen LogP contribution in [0.15, 0.2) is 0 Å². The van der Waals surface area contributed by atoms with E-state index in [2.05, 4.69) is 10.2 Å². The van der Waals surface area contributed by atoms with Crippen LogP contribution in [0.5, 0.6) is 0 Å². The van der Waals surface area contributed by atoms with E-state index in [1.54, 1.807) is 4.90 Å². The fourth-order valence-electron chi connectivity index (χ4n) is 3.93. The van der Waals surface area contributed by atoms with E-state index in [0.717, 1.165) is 58.5 Å². The topological polar surface area (TPSA) is 65.1 Å². The number of hydrogen-bond donors (Lipinski definition) is 1. The molecule has 0 aliphatic carbocycles. The monoisotopic (exact) mass is 338 g/mol. The minimum Gasteiger partial charge on any atom is -0.376 e. The third-order valence-electron chi connectivity index (χ3n) is 5.64. The molecule has 0 aromatic heterocycles. The van der Waals surface area contributed by atoms with Crippen molar-refractivity contribution >= 4 is 11.9 Å². The van der Waals surface area contributed by atoms with Gasteiger partial charge in [-0.25, -0.2) is 4.79 Å². The van der Waals surface area contributed by atoms with Crippen molar-refractivity contribution in [3.63, 3.8) is 0 Å². The van der Waals surface area contributed by atoms with Gasteiger partial charge < -0.3 is 19.9 Å². The van der Waals surface area contributed by atoms with E-state index in [1.165, 1.54) is 0 Å². The van der Waals surface area contributed by atoms with Crippen molar-refractivity contribution in [2.24, 2.45) is 0 Å². The number of carbonyl (C=O) groups excluding carboxylic acids is 2. The predicted molar refractivity (Wildman–Crippen MR) is 90.8 cm³/mol. The summed E-state index contributed by atoms with van der Waals surface area (Å²) < 4.78 is 5.55. The highest BCUT2D eigenvalue weighted by atomic mass is 16.5. The largest absolute Gasteiger partial charge is 0.376 e. The second-order valence-corrected chi connectivity index (χ2v) is 7.22. The third kappa shape index (κ3) is 3.83. The SMILES string of the molecule is C[C@@H](C(=O)NC[C@@H]1CCCO1)N1CCC(N2CCN(C)C2=O)CC1. The van der Waals surface area contributed by atoms with E-state index in [9.17, 15) is 9.59 Å². The van der Waals surface area contributed by atoms with Crippen molar-refractivity contribution in [1.82, 2.24) is 20.0 Å². The van der Waals surface area contributed by atoms with Crippen molar-refractivity contribution in [2.45, 2.75) is 50.8 Å². The summed E-state index contributed by atoms with van der Waals surface area (Å²) in [6.45, 7) is 6.79. The van der Waals surface area contributed by atoms with Crippen molar-refractivity contribution < 1.29 is 14.3 Å². The first-order valence-corrected chi connectivity index (χ1v) is 9.21. The minimum atomic E-state index is -0.121. The summed E-state index contributed by atoms with van der Waals surface area (Å²) in [5, 5.41) is 3.02. The van der Waals surface area contributed by atoms with E-state index in [0.29, 0.717) is 12.6 Å². The predicted octanol–water partition coefficient (Wildman–Crippen LogP) is 0.502. The molecule has 0 aromatic rings. The summed E-state index contributed by atoms with van der Waals surface area (Å²) in [7, 11) is 1.86. The Morgan fingerprint density at radius 1 is 1.25 bits per heavy atom. The Morgan fingerprint density at radius 2 is 2.00 bits per heavy atom. The van der Waals surface area contributed by atoms with Crippen LogP contribution in [-0.4, -0.2) is 91.2 Å². The zero-order valence-corrected chi connectivity index (χ0v) is 14.9. The maximum atomic E-state index is 12.4. The van der Waals surface area contributed by atoms with E-state index >= 15 is 0 Å². The molecule has 3 aliphatic heterocycles. The fraction of sp³-hybridized carbons (Fsp3) is 0.882. The average Bonchev–Trinajstić information content (AvgIpc) is 3.23. The number of amides is 3. The van der Waals surface area contributed by atoms with Gasteiger partial charge in [0.05, 0.1) is 12.1 Å². The molecule has 3 aliphatic rings. The molecule has 3 rings (SSSR count). The van der Waals surface area contributed by atoms with Crippen LogP contribution in [-0.2, 0) is 9.53 Å². The number of rotatable bonds is 5. The summed E-state index contributed by atoms with van der Waals surface area (Å²) in [6.07, 6.45) is 4.21. The van der Waals surface area contributed by atoms with Gasteiger partial charge in [0.1, 0.15) is 0 Å². The average molecular weight is 338 g/mol. The van der Waals surface area contributed by atoms with Crippen LogP contribution in [0.2, 0.25) is 0 Å². The first kappa shape index (κ1) is 17.5. The van der Waals surface area contributed by atoms with Gasteiger partial charge in [-0.1, -0.05) is 0 Å². The number of carbonyl (C=O) groups is 2. The van der Waals surface area contributed by atoms with Gasteiger partial charge in [-0.15, -0.1) is 0 Å². The van der Waals surface area contributed by atoms with Crippen LogP contribution in [0.3, 0.4) is 0 Å². The first-order chi connectivity index (χ1) is 11.6. The number of urea groups is 1. The minimum absolute atomic E-state index is 0.0842. The highest BCUT2D eigenvalue weighted by molar-refractivity contribution is 5.81. The highest BCUT2D eigenvalue weighted by Crippen LogP contribution is 2.22. The van der Waals surface area contributed by atoms with Gasteiger partial charge in [0.25, 0.3) is 0 Å². The summed E-state index contributed by atoms with van der Waals surface area (Å²) >= 11 is 0. The number of hydrogen-bond acceptors (Lipinski definition) is 4. The van der Waals surface area contributed by atoms with Gasteiger partial charge in [0, 0.05) is 52.4 Å². The molecule has 3 heterocycles. The summed E-state index contributed by atoms with van der Waals surface area (Å²) in [4.78, 5) is 30.5. The number of nitrogens with zero attached hydrogens (tertiary/aromatic N) is 3. The van der Waals surface area contributed by atoms with Gasteiger partial charge in [0.15, 0.2) is 0 Å². The molecule has 0 bridgehead atoms. The molecule has 0 unspecified atom stereocenters. The van der Waals surface area contributed by atoms with Crippen LogP contribution in [0.1, 0.15) is 32.6 Å². The van der Waals surface area contributed by atoms with Crippen molar-refractivity contribution in [3.8, 4) is 0 Å². The Hall–Kier alpha value is -1.34. The maximum Gasteiger partial charge on any atom is 0.320 e. The first-order valence-electron chi connectivity index (χ1n) is 9.21. The maximum absolute atomic E-state index is 12.4. The van der Waals surface area contributed by atoms with E-state index in [-0.39, 0.29) is 24.1 Å². The summed E-state index contributed by atoms with van der Waals surface area (Å²) in [5.41, 5.74) is 0. The van der Waals surface area contributed by atoms with Gasteiger partial charge >= 0.3 is 6.03 Å². The van der Waals surface area contributed by atoms with E-state index in [4.69, 9.17) is 4.74 Å². The number of piperidine rings is 1. The smallest absolute Gasteiger partial charge is 0.320 e. The Labute approximate surface area is 144 Å². The van der Waals surface area contributed by atoms with Crippen LogP contribution < -0.4 is 5.32 Å². The fourth-order valence-corrected chi connectivity index (χ4v) is 3.93. The molecule has 7 heteroatoms. The zero-order valence-electron chi connectivity index (χ0n) is 14.9. The molecule has 3 fully saturated rings. The summed E-state index contributed by atoms with van der Waals surface area (Å²) in [5.74, 6) is 0.0842. The Morgan fingerprint density at radius 3 is 2.58 bits per heavy atom. The third-order valence-corrected chi connectivity index (χ3v) is 5.64. The Bertz CT molecular complexity index is 459. The summed E-state index contributed by atoms with van der Waals surface area (Å²) in [6, 6.07) is 0.348. The second kappa shape index (κ2) is 7.70. The van der Waals surface area contributed by atoms with Crippen molar-refractivity contribution in [2.75, 3.05) is 46.4 Å². The van der Waals surface area contributed by atoms with Crippen LogP contribution in [0.4, 0.5) is 4.79 Å². The number of nitrogens with one attached hydrogen (secondary N) is 1. The van der Waals surface area contributed by atoms with Crippen molar-refractivity contribution in [1.29, 1.82) is 0 Å². The molecule has 0 aromatic carbocycles. The molecule has 0 spiro atoms. The Kier molecular flexibility index (Phi) is 5.61. The molecule has 7 nitrogen and oxygen atoms in total. The van der Waals surface area contributed by atoms with Gasteiger partial charge in [-0.3, -0.25) is 9.69 Å². The highest BCUT2D eigenvalue weighted by Gasteiger charge is 2.35. The Balaban J connectivity index is 1.42. The van der Waals surface area contributed by atoms with Crippen LogP contribution >= 0.6 is 0 Å². The molecule has 3 saturated heterocycles. The van der Waals surface area contributed by atoms with E-state index in [1.807, 2.05) is 18.9 Å². The number of ether oxygens (including phenoxy) is 1. The van der Waals surface area contributed by atoms with Gasteiger partial charge in [-0.05, 0) is 32.6 Å². The van der Waals surface area contributed by atoms with Gasteiger partial charge in [-0.2, -0.15) is 0 Å². The molecular formula is C17H30N4O3. The molecule has 24 heavy (non-hydrogen) atoms. The molecular weight excluding hydrogens is 308 g/mol. The molecule has 136 valence electrons. The number of likely N-dealkylation sites (tertiary alicyclic amines) is 1. The molecule has 3 amide bonds. The lowest BCUT2D eigenvalue weighted by atomic mass is 10.0. The molecule has 2 atom stereocenters. The molecule has 0 saturated carbocycles. The van der Waals surface area contributed by atoms with Crippen molar-refractivity contribution in [3.05, 3.63) is 0 Å². The van der Waals surface area contributed by atoms with Crippen LogP contribution in [0, 0.1) is 0 Å². The van der Waals surface area contributed by atoms with Gasteiger partial charge in [0.2, 0.25) is 5.91 Å². The van der Waals surface area contributed by atoms with E-state index < -0.39 is 0 Å². The second-order valence-electron chi connectivity index (χ2n) is 7.22. The lowest BCUT2D eigenvalue weighted by Gasteiger charge is -2.38. The molecule has 1 N–H and O–H groups in total. The normalized spacial score (nSPS) is 27.8. The zero-order chi connectivity index (χ0) is 17.1. The molecule has 0 radical (unpaired) electrons. The lowest BCUT2D eigenvalue weighted by molar-refractivity contribution is -0.127. The lowest BCUT2D eigenvalue weighted by Crippen LogP contribution is -2.52. The standard InChI is InChI=1S/C17H30N4O3/c1-13(16(22)18-12-15-4-3-11-24-15)20-7-5-14(6-8-20)21-10-9-19(2)17(21)23/h13-15H,3-12H2,1-2H3,(H,18,22)/t13-,15-/m0/s1. The number of likely N-dealkylation sites (N-methyl/N-ethyl adjacent to an activating group) is 1. The quantitative estimate of drug-likeness (QED) is 0.793. The van der Waals surface area contributed by atoms with Crippen LogP contribution in [0.25, 0.3) is 0 Å².